The highest BCUT2D eigenvalue weighted by molar-refractivity contribution is 5.73. The van der Waals surface area contributed by atoms with Crippen LogP contribution in [0.3, 0.4) is 0 Å². The molecule has 0 radical (unpaired) electrons. The van der Waals surface area contributed by atoms with Crippen molar-refractivity contribution in [2.24, 2.45) is 0 Å². The van der Waals surface area contributed by atoms with E-state index in [0.29, 0.717) is 43.1 Å². The van der Waals surface area contributed by atoms with Crippen LogP contribution >= 0.6 is 0 Å². The number of nitrogen functional groups attached to an aromatic ring is 1. The Balaban J connectivity index is 1.55. The van der Waals surface area contributed by atoms with Gasteiger partial charge in [-0.2, -0.15) is 4.98 Å². The lowest BCUT2D eigenvalue weighted by atomic mass is 10.1. The zero-order valence-electron chi connectivity index (χ0n) is 17.6. The quantitative estimate of drug-likeness (QED) is 0.296. The third kappa shape index (κ3) is 6.01. The molecule has 0 aliphatic rings. The summed E-state index contributed by atoms with van der Waals surface area (Å²) in [5, 5.41) is 7.37. The molecule has 0 spiro atoms. The minimum absolute atomic E-state index is 0.196. The summed E-state index contributed by atoms with van der Waals surface area (Å²) in [5.41, 5.74) is 9.24. The van der Waals surface area contributed by atoms with Gasteiger partial charge in [0.15, 0.2) is 0 Å². The van der Waals surface area contributed by atoms with Gasteiger partial charge in [-0.15, -0.1) is 0 Å². The molecule has 0 aliphatic carbocycles. The van der Waals surface area contributed by atoms with Crippen molar-refractivity contribution in [1.29, 1.82) is 0 Å². The highest BCUT2D eigenvalue weighted by Crippen LogP contribution is 2.26. The molecule has 2 aromatic carbocycles. The van der Waals surface area contributed by atoms with E-state index in [4.69, 9.17) is 15.0 Å². The van der Waals surface area contributed by atoms with Crippen molar-refractivity contribution < 1.29 is 13.7 Å². The highest BCUT2D eigenvalue weighted by atomic mass is 19.1. The van der Waals surface area contributed by atoms with Gasteiger partial charge >= 0.3 is 0 Å². The van der Waals surface area contributed by atoms with Crippen molar-refractivity contribution in [3.8, 4) is 11.4 Å². The number of aromatic nitrogens is 2. The second kappa shape index (κ2) is 10.2. The molecule has 3 rings (SSSR count). The lowest BCUT2D eigenvalue weighted by molar-refractivity contribution is 0.100. The molecule has 160 valence electrons. The molecule has 8 heteroatoms. The summed E-state index contributed by atoms with van der Waals surface area (Å²) in [6.07, 6.45) is 0.608. The predicted molar refractivity (Wildman–Crippen MR) is 115 cm³/mol. The van der Waals surface area contributed by atoms with Crippen LogP contribution in [-0.4, -0.2) is 41.4 Å². The van der Waals surface area contributed by atoms with Gasteiger partial charge in [0.05, 0.1) is 24.7 Å². The number of benzene rings is 2. The molecular weight excluding hydrogens is 385 g/mol. The van der Waals surface area contributed by atoms with Gasteiger partial charge in [-0.25, -0.2) is 4.39 Å². The summed E-state index contributed by atoms with van der Waals surface area (Å²) in [7, 11) is 2.04. The van der Waals surface area contributed by atoms with Crippen molar-refractivity contribution in [2.75, 3.05) is 31.4 Å². The number of rotatable bonds is 10. The molecule has 0 bridgehead atoms. The van der Waals surface area contributed by atoms with Crippen LogP contribution in [0.1, 0.15) is 25.3 Å². The zero-order chi connectivity index (χ0) is 21.5. The maximum atomic E-state index is 13.2. The Morgan fingerprint density at radius 2 is 2.07 bits per heavy atom. The monoisotopic (exact) mass is 413 g/mol. The fraction of sp³-hybridized carbons (Fsp3) is 0.364. The van der Waals surface area contributed by atoms with Gasteiger partial charge in [-0.1, -0.05) is 17.3 Å². The number of nitrogens with one attached hydrogen (secondary N) is 1. The van der Waals surface area contributed by atoms with Crippen molar-refractivity contribution in [1.82, 2.24) is 15.0 Å². The van der Waals surface area contributed by atoms with Crippen LogP contribution in [-0.2, 0) is 17.8 Å². The summed E-state index contributed by atoms with van der Waals surface area (Å²) < 4.78 is 24.1. The smallest absolute Gasteiger partial charge is 0.252 e. The van der Waals surface area contributed by atoms with Crippen molar-refractivity contribution in [3.05, 3.63) is 59.7 Å². The average Bonchev–Trinajstić information content (AvgIpc) is 3.19. The lowest BCUT2D eigenvalue weighted by Gasteiger charge is -2.22. The lowest BCUT2D eigenvalue weighted by Crippen LogP contribution is -2.31. The largest absolute Gasteiger partial charge is 0.397 e. The fourth-order valence-electron chi connectivity index (χ4n) is 2.71. The van der Waals surface area contributed by atoms with E-state index in [1.165, 1.54) is 12.1 Å². The topological polar surface area (TPSA) is 89.4 Å². The van der Waals surface area contributed by atoms with Gasteiger partial charge in [0.25, 0.3) is 5.89 Å². The average molecular weight is 413 g/mol. The van der Waals surface area contributed by atoms with E-state index in [9.17, 15) is 4.39 Å². The maximum Gasteiger partial charge on any atom is 0.252 e. The molecule has 1 heterocycles. The molecule has 0 unspecified atom stereocenters. The van der Waals surface area contributed by atoms with Gasteiger partial charge in [0.1, 0.15) is 12.4 Å². The molecule has 0 saturated heterocycles. The van der Waals surface area contributed by atoms with E-state index in [-0.39, 0.29) is 12.4 Å². The van der Waals surface area contributed by atoms with Crippen LogP contribution < -0.4 is 11.1 Å². The van der Waals surface area contributed by atoms with Gasteiger partial charge in [0, 0.05) is 11.6 Å². The fourth-order valence-corrected chi connectivity index (χ4v) is 2.71. The molecule has 0 atom stereocenters. The molecule has 30 heavy (non-hydrogen) atoms. The molecule has 0 amide bonds. The Morgan fingerprint density at radius 3 is 2.83 bits per heavy atom. The van der Waals surface area contributed by atoms with Gasteiger partial charge in [0.2, 0.25) is 5.82 Å². The number of nitrogens with two attached hydrogens (primary N) is 1. The highest BCUT2D eigenvalue weighted by Gasteiger charge is 2.11. The summed E-state index contributed by atoms with van der Waals surface area (Å²) in [6.45, 7) is 5.55. The van der Waals surface area contributed by atoms with Crippen molar-refractivity contribution >= 4 is 11.4 Å². The number of ether oxygens (including phenoxy) is 1. The molecule has 7 nitrogen and oxygen atoms in total. The van der Waals surface area contributed by atoms with Crippen molar-refractivity contribution in [3.63, 3.8) is 0 Å². The van der Waals surface area contributed by atoms with E-state index in [1.807, 2.05) is 31.3 Å². The minimum Gasteiger partial charge on any atom is -0.397 e. The first-order valence-electron chi connectivity index (χ1n) is 9.91. The van der Waals surface area contributed by atoms with E-state index >= 15 is 0 Å². The van der Waals surface area contributed by atoms with E-state index < -0.39 is 0 Å². The molecule has 3 N–H and O–H groups in total. The van der Waals surface area contributed by atoms with Crippen molar-refractivity contribution in [2.45, 2.75) is 32.9 Å². The van der Waals surface area contributed by atoms with E-state index in [0.717, 1.165) is 16.8 Å². The third-order valence-electron chi connectivity index (χ3n) is 4.83. The first-order chi connectivity index (χ1) is 14.4. The van der Waals surface area contributed by atoms with Gasteiger partial charge in [-0.05, 0) is 63.2 Å². The maximum absolute atomic E-state index is 13.2. The Labute approximate surface area is 176 Å². The zero-order valence-corrected chi connectivity index (χ0v) is 17.6. The van der Waals surface area contributed by atoms with Crippen LogP contribution in [0.15, 0.2) is 47.0 Å². The van der Waals surface area contributed by atoms with Crippen LogP contribution in [0.25, 0.3) is 11.4 Å². The number of hydrogen-bond acceptors (Lipinski definition) is 7. The number of hydrogen-bond donors (Lipinski definition) is 2. The molecule has 0 aliphatic heterocycles. The van der Waals surface area contributed by atoms with E-state index in [1.54, 1.807) is 6.07 Å². The summed E-state index contributed by atoms with van der Waals surface area (Å²) in [6, 6.07) is 12.5. The second-order valence-corrected chi connectivity index (χ2v) is 7.43. The third-order valence-corrected chi connectivity index (χ3v) is 4.83. The predicted octanol–water partition coefficient (Wildman–Crippen LogP) is 3.93. The standard InChI is InChI=1S/C22H28FN5O2/c1-15(2)28(3)14-25-20-12-17(7-8-19(20)24)22-26-21(30-27-22)13-29-10-9-16-5-4-6-18(23)11-16/h4-8,11-12,15,25H,9-10,13-14,24H2,1-3H3. The first-order valence-corrected chi connectivity index (χ1v) is 9.91. The van der Waals surface area contributed by atoms with Crippen LogP contribution in [0.4, 0.5) is 15.8 Å². The number of halogens is 1. The molecule has 3 aromatic rings. The number of nitrogens with zero attached hydrogens (tertiary/aromatic N) is 3. The second-order valence-electron chi connectivity index (χ2n) is 7.43. The summed E-state index contributed by atoms with van der Waals surface area (Å²) in [5.74, 6) is 0.608. The van der Waals surface area contributed by atoms with Crippen LogP contribution in [0, 0.1) is 5.82 Å². The van der Waals surface area contributed by atoms with Gasteiger partial charge in [-0.3, -0.25) is 4.90 Å². The number of anilines is 2. The molecular formula is C22H28FN5O2. The molecule has 0 fully saturated rings. The summed E-state index contributed by atoms with van der Waals surface area (Å²) in [4.78, 5) is 6.56. The van der Waals surface area contributed by atoms with Crippen LogP contribution in [0.5, 0.6) is 0 Å². The van der Waals surface area contributed by atoms with Gasteiger partial charge < -0.3 is 20.3 Å². The first kappa shape index (κ1) is 21.7. The minimum atomic E-state index is -0.248. The summed E-state index contributed by atoms with van der Waals surface area (Å²) >= 11 is 0. The SMILES string of the molecule is CC(C)N(C)CNc1cc(-c2noc(COCCc3cccc(F)c3)n2)ccc1N. The van der Waals surface area contributed by atoms with E-state index in [2.05, 4.69) is 34.2 Å². The normalized spacial score (nSPS) is 11.4. The Morgan fingerprint density at radius 1 is 1.23 bits per heavy atom. The molecule has 1 aromatic heterocycles. The van der Waals surface area contributed by atoms with Crippen LogP contribution in [0.2, 0.25) is 0 Å². The Hall–Kier alpha value is -2.97. The molecule has 0 saturated carbocycles. The Bertz CT molecular complexity index is 960. The Kier molecular flexibility index (Phi) is 7.37.